The second-order valence-electron chi connectivity index (χ2n) is 8.36. The Balaban J connectivity index is 1.33. The molecule has 4 saturated heterocycles. The number of hydrogen-bond donors (Lipinski definition) is 0. The highest BCUT2D eigenvalue weighted by molar-refractivity contribution is 5.79. The summed E-state index contributed by atoms with van der Waals surface area (Å²) in [4.78, 5) is 20.0. The fourth-order valence-electron chi connectivity index (χ4n) is 4.91. The summed E-state index contributed by atoms with van der Waals surface area (Å²) in [5.41, 5.74) is 0. The predicted octanol–water partition coefficient (Wildman–Crippen LogP) is 0.524. The van der Waals surface area contributed by atoms with E-state index in [1.54, 1.807) is 0 Å². The van der Waals surface area contributed by atoms with Gasteiger partial charge in [-0.25, -0.2) is 0 Å². The smallest absolute Gasteiger partial charge is 0.225 e. The van der Waals surface area contributed by atoms with Crippen LogP contribution in [-0.2, 0) is 14.3 Å². The number of nitrogens with zero attached hydrogens (tertiary/aromatic N) is 3. The second-order valence-corrected chi connectivity index (χ2v) is 8.36. The van der Waals surface area contributed by atoms with E-state index in [0.29, 0.717) is 23.8 Å². The molecule has 4 fully saturated rings. The molecule has 6 heteroatoms. The Morgan fingerprint density at radius 1 is 1.04 bits per heavy atom. The molecule has 3 atom stereocenters. The summed E-state index contributed by atoms with van der Waals surface area (Å²) in [6, 6.07) is 0. The first-order valence-corrected chi connectivity index (χ1v) is 10.1. The third-order valence-electron chi connectivity index (χ3n) is 6.72. The maximum atomic E-state index is 12.9. The summed E-state index contributed by atoms with van der Waals surface area (Å²) >= 11 is 0. The molecule has 0 unspecified atom stereocenters. The lowest BCUT2D eigenvalue weighted by atomic mass is 9.83. The summed E-state index contributed by atoms with van der Waals surface area (Å²) in [5, 5.41) is 0. The standard InChI is InChI=1S/C19H33N3O3/c1-20-6-8-21(9-7-20)13-18-17-12-22(5-2-16(17)14-25-18)19(23)15-3-10-24-11-4-15/h15-18H,2-14H2,1H3/t16-,17-,18+/m1/s1. The second kappa shape index (κ2) is 7.91. The largest absolute Gasteiger partial charge is 0.381 e. The average molecular weight is 351 g/mol. The van der Waals surface area contributed by atoms with E-state index in [4.69, 9.17) is 9.47 Å². The van der Waals surface area contributed by atoms with E-state index in [2.05, 4.69) is 21.7 Å². The monoisotopic (exact) mass is 351 g/mol. The molecule has 0 saturated carbocycles. The highest BCUT2D eigenvalue weighted by atomic mass is 16.5. The zero-order valence-electron chi connectivity index (χ0n) is 15.6. The summed E-state index contributed by atoms with van der Waals surface area (Å²) in [5.74, 6) is 1.73. The first kappa shape index (κ1) is 17.7. The van der Waals surface area contributed by atoms with Crippen molar-refractivity contribution in [2.45, 2.75) is 25.4 Å². The Hall–Kier alpha value is -0.690. The maximum absolute atomic E-state index is 12.9. The quantitative estimate of drug-likeness (QED) is 0.742. The van der Waals surface area contributed by atoms with Gasteiger partial charge in [-0.3, -0.25) is 9.69 Å². The van der Waals surface area contributed by atoms with Gasteiger partial charge in [-0.1, -0.05) is 0 Å². The zero-order chi connectivity index (χ0) is 17.2. The van der Waals surface area contributed by atoms with Gasteiger partial charge in [0, 0.05) is 70.9 Å². The number of ether oxygens (including phenoxy) is 2. The van der Waals surface area contributed by atoms with E-state index in [-0.39, 0.29) is 5.92 Å². The SMILES string of the molecule is CN1CCN(C[C@@H]2OC[C@H]3CCN(C(=O)C4CCOCC4)C[C@H]32)CC1. The molecule has 0 aromatic heterocycles. The molecular weight excluding hydrogens is 318 g/mol. The number of carbonyl (C=O) groups is 1. The number of amides is 1. The summed E-state index contributed by atoms with van der Waals surface area (Å²) in [6.07, 6.45) is 3.20. The minimum absolute atomic E-state index is 0.184. The fraction of sp³-hybridized carbons (Fsp3) is 0.947. The van der Waals surface area contributed by atoms with Crippen molar-refractivity contribution in [1.29, 1.82) is 0 Å². The molecule has 142 valence electrons. The van der Waals surface area contributed by atoms with Gasteiger partial charge in [0.05, 0.1) is 12.7 Å². The van der Waals surface area contributed by atoms with Crippen molar-refractivity contribution in [2.24, 2.45) is 17.8 Å². The van der Waals surface area contributed by atoms with Crippen molar-refractivity contribution in [3.8, 4) is 0 Å². The Morgan fingerprint density at radius 2 is 1.80 bits per heavy atom. The topological polar surface area (TPSA) is 45.2 Å². The van der Waals surface area contributed by atoms with Gasteiger partial charge in [0.15, 0.2) is 0 Å². The average Bonchev–Trinajstić information content (AvgIpc) is 3.06. The minimum atomic E-state index is 0.184. The van der Waals surface area contributed by atoms with Crippen LogP contribution in [0.2, 0.25) is 0 Å². The van der Waals surface area contributed by atoms with Crippen LogP contribution in [0.3, 0.4) is 0 Å². The van der Waals surface area contributed by atoms with Gasteiger partial charge in [0.25, 0.3) is 0 Å². The number of piperazine rings is 1. The lowest BCUT2D eigenvalue weighted by molar-refractivity contribution is -0.141. The van der Waals surface area contributed by atoms with Crippen LogP contribution in [0, 0.1) is 17.8 Å². The molecule has 0 N–H and O–H groups in total. The maximum Gasteiger partial charge on any atom is 0.225 e. The number of likely N-dealkylation sites (tertiary alicyclic amines) is 1. The molecule has 4 aliphatic rings. The molecule has 0 bridgehead atoms. The molecule has 0 radical (unpaired) electrons. The van der Waals surface area contributed by atoms with Gasteiger partial charge in [0.2, 0.25) is 5.91 Å². The van der Waals surface area contributed by atoms with Gasteiger partial charge in [-0.15, -0.1) is 0 Å². The number of rotatable bonds is 3. The molecule has 0 aromatic carbocycles. The normalized spacial score (nSPS) is 35.7. The Morgan fingerprint density at radius 3 is 2.56 bits per heavy atom. The van der Waals surface area contributed by atoms with Crippen molar-refractivity contribution in [2.75, 3.05) is 72.7 Å². The van der Waals surface area contributed by atoms with Gasteiger partial charge in [-0.05, 0) is 32.2 Å². The van der Waals surface area contributed by atoms with Crippen LogP contribution in [-0.4, -0.2) is 99.4 Å². The van der Waals surface area contributed by atoms with Crippen LogP contribution in [0.5, 0.6) is 0 Å². The molecule has 4 heterocycles. The number of piperidine rings is 1. The van der Waals surface area contributed by atoms with Crippen LogP contribution in [0.25, 0.3) is 0 Å². The molecular formula is C19H33N3O3. The van der Waals surface area contributed by atoms with E-state index < -0.39 is 0 Å². The summed E-state index contributed by atoms with van der Waals surface area (Å²) in [6.45, 7) is 9.80. The van der Waals surface area contributed by atoms with Gasteiger partial charge in [-0.2, -0.15) is 0 Å². The molecule has 25 heavy (non-hydrogen) atoms. The van der Waals surface area contributed by atoms with E-state index in [1.165, 1.54) is 0 Å². The van der Waals surface area contributed by atoms with Crippen molar-refractivity contribution in [3.05, 3.63) is 0 Å². The van der Waals surface area contributed by atoms with Gasteiger partial charge in [0.1, 0.15) is 0 Å². The highest BCUT2D eigenvalue weighted by Gasteiger charge is 2.43. The molecule has 0 aliphatic carbocycles. The van der Waals surface area contributed by atoms with Crippen molar-refractivity contribution in [1.82, 2.24) is 14.7 Å². The Kier molecular flexibility index (Phi) is 5.60. The predicted molar refractivity (Wildman–Crippen MR) is 95.4 cm³/mol. The third kappa shape index (κ3) is 4.02. The number of likely N-dealkylation sites (N-methyl/N-ethyl adjacent to an activating group) is 1. The van der Waals surface area contributed by atoms with E-state index in [0.717, 1.165) is 84.9 Å². The van der Waals surface area contributed by atoms with Crippen LogP contribution in [0.4, 0.5) is 0 Å². The number of hydrogen-bond acceptors (Lipinski definition) is 5. The molecule has 1 amide bonds. The van der Waals surface area contributed by atoms with E-state index in [1.807, 2.05) is 0 Å². The summed E-state index contributed by atoms with van der Waals surface area (Å²) < 4.78 is 11.6. The lowest BCUT2D eigenvalue weighted by Gasteiger charge is -2.40. The first-order chi connectivity index (χ1) is 12.2. The van der Waals surface area contributed by atoms with Crippen LogP contribution in [0.15, 0.2) is 0 Å². The summed E-state index contributed by atoms with van der Waals surface area (Å²) in [7, 11) is 2.19. The van der Waals surface area contributed by atoms with Crippen molar-refractivity contribution >= 4 is 5.91 Å². The first-order valence-electron chi connectivity index (χ1n) is 10.1. The van der Waals surface area contributed by atoms with E-state index in [9.17, 15) is 4.79 Å². The highest BCUT2D eigenvalue weighted by Crippen LogP contribution is 2.35. The molecule has 6 nitrogen and oxygen atoms in total. The Bertz CT molecular complexity index is 461. The number of carbonyl (C=O) groups excluding carboxylic acids is 1. The lowest BCUT2D eigenvalue weighted by Crippen LogP contribution is -2.51. The van der Waals surface area contributed by atoms with E-state index >= 15 is 0 Å². The van der Waals surface area contributed by atoms with Crippen molar-refractivity contribution in [3.63, 3.8) is 0 Å². The van der Waals surface area contributed by atoms with Crippen LogP contribution in [0.1, 0.15) is 19.3 Å². The van der Waals surface area contributed by atoms with Crippen LogP contribution >= 0.6 is 0 Å². The Labute approximate surface area is 151 Å². The molecule has 0 spiro atoms. The van der Waals surface area contributed by atoms with Crippen molar-refractivity contribution < 1.29 is 14.3 Å². The van der Waals surface area contributed by atoms with Gasteiger partial charge < -0.3 is 19.3 Å². The van der Waals surface area contributed by atoms with Gasteiger partial charge >= 0.3 is 0 Å². The molecule has 4 aliphatic heterocycles. The minimum Gasteiger partial charge on any atom is -0.381 e. The fourth-order valence-corrected chi connectivity index (χ4v) is 4.91. The van der Waals surface area contributed by atoms with Crippen LogP contribution < -0.4 is 0 Å². The zero-order valence-corrected chi connectivity index (χ0v) is 15.6. The number of fused-ring (bicyclic) bond motifs is 1. The molecule has 0 aromatic rings. The molecule has 4 rings (SSSR count). The third-order valence-corrected chi connectivity index (χ3v) is 6.72.